The van der Waals surface area contributed by atoms with Crippen LogP contribution >= 0.6 is 23.4 Å². The Labute approximate surface area is 102 Å². The molecule has 0 nitrogen and oxygen atoms in total. The fourth-order valence-corrected chi connectivity index (χ4v) is 2.79. The lowest BCUT2D eigenvalue weighted by atomic mass is 10.2. The van der Waals surface area contributed by atoms with Crippen LogP contribution in [0.2, 0.25) is 0 Å². The highest BCUT2D eigenvalue weighted by molar-refractivity contribution is 8.01. The van der Waals surface area contributed by atoms with E-state index in [1.807, 2.05) is 6.07 Å². The molecule has 0 radical (unpaired) electrons. The number of alkyl halides is 1. The molecule has 1 aromatic rings. The minimum Gasteiger partial charge on any atom is -0.111 e. The molecule has 0 heterocycles. The van der Waals surface area contributed by atoms with Gasteiger partial charge in [-0.2, -0.15) is 0 Å². The molecule has 0 aliphatic heterocycles. The van der Waals surface area contributed by atoms with E-state index in [2.05, 4.69) is 31.2 Å². The average Bonchev–Trinajstić information content (AvgIpc) is 2.26. The first-order valence-electron chi connectivity index (χ1n) is 5.68. The molecule has 0 fully saturated rings. The molecule has 0 saturated carbocycles. The van der Waals surface area contributed by atoms with Crippen molar-refractivity contribution < 1.29 is 0 Å². The Hall–Kier alpha value is -0.140. The molecule has 0 saturated heterocycles. The van der Waals surface area contributed by atoms with E-state index in [0.717, 1.165) is 6.42 Å². The van der Waals surface area contributed by atoms with Crippen LogP contribution in [0, 0.1) is 0 Å². The summed E-state index contributed by atoms with van der Waals surface area (Å²) in [5.74, 6) is 0. The number of rotatable bonds is 7. The average molecular weight is 243 g/mol. The van der Waals surface area contributed by atoms with Gasteiger partial charge in [0.25, 0.3) is 0 Å². The maximum absolute atomic E-state index is 6.26. The van der Waals surface area contributed by atoms with E-state index in [-0.39, 0.29) is 4.71 Å². The van der Waals surface area contributed by atoms with Gasteiger partial charge in [0.05, 0.1) is 4.71 Å². The second-order valence-corrected chi connectivity index (χ2v) is 5.75. The number of halogens is 1. The zero-order valence-electron chi connectivity index (χ0n) is 9.29. The zero-order chi connectivity index (χ0) is 10.9. The molecule has 1 aromatic carbocycles. The van der Waals surface area contributed by atoms with Crippen molar-refractivity contribution in [2.24, 2.45) is 0 Å². The Morgan fingerprint density at radius 1 is 1.13 bits per heavy atom. The smallest absolute Gasteiger partial charge is 0.0835 e. The molecule has 0 bridgehead atoms. The van der Waals surface area contributed by atoms with Crippen LogP contribution in [0.1, 0.15) is 39.0 Å². The molecular weight excluding hydrogens is 224 g/mol. The summed E-state index contributed by atoms with van der Waals surface area (Å²) >= 11 is 8.02. The van der Waals surface area contributed by atoms with Gasteiger partial charge in [0, 0.05) is 4.90 Å². The van der Waals surface area contributed by atoms with Crippen LogP contribution < -0.4 is 0 Å². The molecule has 1 unspecified atom stereocenters. The summed E-state index contributed by atoms with van der Waals surface area (Å²) in [7, 11) is 0. The Kier molecular flexibility index (Phi) is 6.95. The highest BCUT2D eigenvalue weighted by Crippen LogP contribution is 2.29. The highest BCUT2D eigenvalue weighted by atomic mass is 35.5. The first kappa shape index (κ1) is 12.9. The van der Waals surface area contributed by atoms with Crippen LogP contribution in [-0.4, -0.2) is 4.71 Å². The monoisotopic (exact) mass is 242 g/mol. The van der Waals surface area contributed by atoms with Crippen molar-refractivity contribution in [1.82, 2.24) is 0 Å². The Morgan fingerprint density at radius 2 is 1.87 bits per heavy atom. The Bertz CT molecular complexity index is 248. The van der Waals surface area contributed by atoms with Crippen molar-refractivity contribution in [3.05, 3.63) is 30.3 Å². The third kappa shape index (κ3) is 6.11. The van der Waals surface area contributed by atoms with Gasteiger partial charge in [-0.3, -0.25) is 0 Å². The van der Waals surface area contributed by atoms with Gasteiger partial charge >= 0.3 is 0 Å². The summed E-state index contributed by atoms with van der Waals surface area (Å²) in [6.07, 6.45) is 6.30. The van der Waals surface area contributed by atoms with E-state index < -0.39 is 0 Å². The highest BCUT2D eigenvalue weighted by Gasteiger charge is 2.05. The minimum absolute atomic E-state index is 0.226. The van der Waals surface area contributed by atoms with Crippen molar-refractivity contribution >= 4 is 23.4 Å². The number of unbranched alkanes of at least 4 members (excludes halogenated alkanes) is 3. The number of benzene rings is 1. The molecule has 0 spiro atoms. The molecule has 1 atom stereocenters. The molecule has 0 aliphatic carbocycles. The van der Waals surface area contributed by atoms with Crippen LogP contribution in [0.15, 0.2) is 35.2 Å². The Balaban J connectivity index is 2.16. The number of hydrogen-bond acceptors (Lipinski definition) is 1. The first-order valence-corrected chi connectivity index (χ1v) is 7.00. The molecule has 1 rings (SSSR count). The lowest BCUT2D eigenvalue weighted by molar-refractivity contribution is 0.651. The second kappa shape index (κ2) is 8.06. The van der Waals surface area contributed by atoms with Crippen molar-refractivity contribution in [3.8, 4) is 0 Å². The first-order chi connectivity index (χ1) is 7.33. The van der Waals surface area contributed by atoms with E-state index in [1.54, 1.807) is 11.8 Å². The molecule has 2 heteroatoms. The Morgan fingerprint density at radius 3 is 2.53 bits per heavy atom. The summed E-state index contributed by atoms with van der Waals surface area (Å²) in [4.78, 5) is 1.27. The summed E-state index contributed by atoms with van der Waals surface area (Å²) in [6, 6.07) is 10.4. The van der Waals surface area contributed by atoms with Crippen LogP contribution in [0.4, 0.5) is 0 Å². The van der Waals surface area contributed by atoms with E-state index in [1.165, 1.54) is 30.6 Å². The lowest BCUT2D eigenvalue weighted by Crippen LogP contribution is -1.92. The minimum atomic E-state index is 0.226. The molecule has 84 valence electrons. The van der Waals surface area contributed by atoms with Crippen LogP contribution in [0.3, 0.4) is 0 Å². The number of thioether (sulfide) groups is 1. The summed E-state index contributed by atoms with van der Waals surface area (Å²) < 4.78 is 0.226. The largest absolute Gasteiger partial charge is 0.111 e. The predicted molar refractivity (Wildman–Crippen MR) is 70.7 cm³/mol. The summed E-state index contributed by atoms with van der Waals surface area (Å²) in [5.41, 5.74) is 0. The van der Waals surface area contributed by atoms with E-state index in [4.69, 9.17) is 11.6 Å². The maximum atomic E-state index is 6.26. The van der Waals surface area contributed by atoms with Crippen molar-refractivity contribution in [2.45, 2.75) is 48.6 Å². The fourth-order valence-electron chi connectivity index (χ4n) is 1.44. The van der Waals surface area contributed by atoms with Crippen LogP contribution in [-0.2, 0) is 0 Å². The van der Waals surface area contributed by atoms with Gasteiger partial charge in [-0.15, -0.1) is 23.4 Å². The molecule has 0 aromatic heterocycles. The molecule has 15 heavy (non-hydrogen) atoms. The van der Waals surface area contributed by atoms with Crippen LogP contribution in [0.25, 0.3) is 0 Å². The van der Waals surface area contributed by atoms with Crippen molar-refractivity contribution in [2.75, 3.05) is 0 Å². The summed E-state index contributed by atoms with van der Waals surface area (Å²) in [6.45, 7) is 2.23. The third-order valence-electron chi connectivity index (χ3n) is 2.29. The maximum Gasteiger partial charge on any atom is 0.0835 e. The van der Waals surface area contributed by atoms with Gasteiger partial charge in [0.15, 0.2) is 0 Å². The normalized spacial score (nSPS) is 12.7. The third-order valence-corrected chi connectivity index (χ3v) is 3.81. The zero-order valence-corrected chi connectivity index (χ0v) is 10.9. The van der Waals surface area contributed by atoms with Gasteiger partial charge in [0.2, 0.25) is 0 Å². The standard InChI is InChI=1S/C13H19ClS/c1-2-3-4-8-11-13(14)15-12-9-6-5-7-10-12/h5-7,9-10,13H,2-4,8,11H2,1H3. The second-order valence-electron chi connectivity index (χ2n) is 3.69. The summed E-state index contributed by atoms with van der Waals surface area (Å²) in [5, 5.41) is 0. The number of hydrogen-bond donors (Lipinski definition) is 0. The lowest BCUT2D eigenvalue weighted by Gasteiger charge is -2.08. The molecule has 0 aliphatic rings. The molecule has 0 N–H and O–H groups in total. The SMILES string of the molecule is CCCCCCC(Cl)Sc1ccccc1. The van der Waals surface area contributed by atoms with Gasteiger partial charge < -0.3 is 0 Å². The van der Waals surface area contributed by atoms with Gasteiger partial charge in [0.1, 0.15) is 0 Å². The quantitative estimate of drug-likeness (QED) is 0.355. The van der Waals surface area contributed by atoms with Crippen LogP contribution in [0.5, 0.6) is 0 Å². The van der Waals surface area contributed by atoms with Gasteiger partial charge in [-0.25, -0.2) is 0 Å². The van der Waals surface area contributed by atoms with Crippen molar-refractivity contribution in [3.63, 3.8) is 0 Å². The van der Waals surface area contributed by atoms with E-state index in [0.29, 0.717) is 0 Å². The predicted octanol–water partition coefficient (Wildman–Crippen LogP) is 5.31. The molecular formula is C13H19ClS. The fraction of sp³-hybridized carbons (Fsp3) is 0.538. The van der Waals surface area contributed by atoms with Gasteiger partial charge in [-0.1, -0.05) is 50.8 Å². The van der Waals surface area contributed by atoms with E-state index in [9.17, 15) is 0 Å². The topological polar surface area (TPSA) is 0 Å². The van der Waals surface area contributed by atoms with Gasteiger partial charge in [-0.05, 0) is 18.6 Å². The van der Waals surface area contributed by atoms with E-state index >= 15 is 0 Å². The molecule has 0 amide bonds. The van der Waals surface area contributed by atoms with Crippen molar-refractivity contribution in [1.29, 1.82) is 0 Å².